The Bertz CT molecular complexity index is 710. The maximum atomic E-state index is 5.63. The van der Waals surface area contributed by atoms with E-state index in [0.717, 1.165) is 28.8 Å². The van der Waals surface area contributed by atoms with Crippen LogP contribution in [0.5, 0.6) is 0 Å². The number of pyridine rings is 1. The van der Waals surface area contributed by atoms with Crippen molar-refractivity contribution >= 4 is 10.8 Å². The lowest BCUT2D eigenvalue weighted by molar-refractivity contribution is 0.466. The van der Waals surface area contributed by atoms with Gasteiger partial charge in [-0.1, -0.05) is 38.1 Å². The summed E-state index contributed by atoms with van der Waals surface area (Å²) < 4.78 is 5.63. The van der Waals surface area contributed by atoms with Gasteiger partial charge in [-0.2, -0.15) is 0 Å². The SMILES string of the molecule is CC(C)NCc1occc1-c1cncc2ccccc12. The molecule has 2 aromatic heterocycles. The third kappa shape index (κ3) is 2.45. The van der Waals surface area contributed by atoms with Crippen molar-refractivity contribution in [3.05, 3.63) is 54.7 Å². The molecule has 0 unspecified atom stereocenters. The van der Waals surface area contributed by atoms with Gasteiger partial charge < -0.3 is 9.73 Å². The van der Waals surface area contributed by atoms with Crippen molar-refractivity contribution in [2.45, 2.75) is 26.4 Å². The second-order valence-corrected chi connectivity index (χ2v) is 5.20. The average Bonchev–Trinajstić information content (AvgIpc) is 2.92. The van der Waals surface area contributed by atoms with Crippen LogP contribution in [0.1, 0.15) is 19.6 Å². The number of fused-ring (bicyclic) bond motifs is 1. The third-order valence-corrected chi connectivity index (χ3v) is 3.37. The van der Waals surface area contributed by atoms with Gasteiger partial charge in [-0.25, -0.2) is 0 Å². The Morgan fingerprint density at radius 3 is 2.80 bits per heavy atom. The van der Waals surface area contributed by atoms with Gasteiger partial charge >= 0.3 is 0 Å². The van der Waals surface area contributed by atoms with Crippen LogP contribution in [0.4, 0.5) is 0 Å². The summed E-state index contributed by atoms with van der Waals surface area (Å²) in [5, 5.41) is 5.74. The first-order valence-corrected chi connectivity index (χ1v) is 6.88. The summed E-state index contributed by atoms with van der Waals surface area (Å²) in [6, 6.07) is 10.7. The minimum atomic E-state index is 0.429. The van der Waals surface area contributed by atoms with E-state index in [4.69, 9.17) is 4.42 Å². The van der Waals surface area contributed by atoms with E-state index in [1.807, 2.05) is 24.5 Å². The maximum absolute atomic E-state index is 5.63. The molecule has 0 bridgehead atoms. The van der Waals surface area contributed by atoms with Crippen LogP contribution >= 0.6 is 0 Å². The standard InChI is InChI=1S/C17H18N2O/c1-12(2)19-11-17-15(7-8-20-17)16-10-18-9-13-5-3-4-6-14(13)16/h3-10,12,19H,11H2,1-2H3. The van der Waals surface area contributed by atoms with Gasteiger partial charge in [-0.15, -0.1) is 0 Å². The molecule has 0 atom stereocenters. The lowest BCUT2D eigenvalue weighted by atomic mass is 10.0. The number of rotatable bonds is 4. The number of hydrogen-bond acceptors (Lipinski definition) is 3. The molecule has 3 rings (SSSR count). The molecule has 20 heavy (non-hydrogen) atoms. The van der Waals surface area contributed by atoms with Crippen LogP contribution in [0.15, 0.2) is 53.4 Å². The van der Waals surface area contributed by atoms with Crippen LogP contribution in [-0.2, 0) is 6.54 Å². The molecule has 3 nitrogen and oxygen atoms in total. The number of aromatic nitrogens is 1. The zero-order valence-corrected chi connectivity index (χ0v) is 11.8. The molecule has 0 aliphatic rings. The quantitative estimate of drug-likeness (QED) is 0.775. The molecule has 0 radical (unpaired) electrons. The number of benzene rings is 1. The zero-order chi connectivity index (χ0) is 13.9. The lowest BCUT2D eigenvalue weighted by Gasteiger charge is -2.09. The molecule has 102 valence electrons. The minimum Gasteiger partial charge on any atom is -0.467 e. The molecular formula is C17H18N2O. The van der Waals surface area contributed by atoms with E-state index in [9.17, 15) is 0 Å². The Morgan fingerprint density at radius 2 is 1.95 bits per heavy atom. The number of nitrogens with one attached hydrogen (secondary N) is 1. The molecule has 3 aromatic rings. The van der Waals surface area contributed by atoms with Gasteiger partial charge in [0.25, 0.3) is 0 Å². The summed E-state index contributed by atoms with van der Waals surface area (Å²) in [5.41, 5.74) is 2.24. The van der Waals surface area contributed by atoms with Gasteiger partial charge in [-0.05, 0) is 11.5 Å². The van der Waals surface area contributed by atoms with Crippen molar-refractivity contribution in [3.63, 3.8) is 0 Å². The van der Waals surface area contributed by atoms with E-state index in [0.29, 0.717) is 6.04 Å². The Hall–Kier alpha value is -2.13. The fraction of sp³-hybridized carbons (Fsp3) is 0.235. The van der Waals surface area contributed by atoms with Crippen LogP contribution in [0.25, 0.3) is 21.9 Å². The van der Waals surface area contributed by atoms with Gasteiger partial charge in [-0.3, -0.25) is 4.98 Å². The van der Waals surface area contributed by atoms with Crippen LogP contribution in [0.2, 0.25) is 0 Å². The zero-order valence-electron chi connectivity index (χ0n) is 11.8. The van der Waals surface area contributed by atoms with Gasteiger partial charge in [0.1, 0.15) is 5.76 Å². The summed E-state index contributed by atoms with van der Waals surface area (Å²) in [4.78, 5) is 4.34. The predicted molar refractivity (Wildman–Crippen MR) is 81.4 cm³/mol. The number of furan rings is 1. The van der Waals surface area contributed by atoms with Gasteiger partial charge in [0, 0.05) is 34.9 Å². The average molecular weight is 266 g/mol. The molecule has 0 amide bonds. The number of nitrogens with zero attached hydrogens (tertiary/aromatic N) is 1. The Kier molecular flexibility index (Phi) is 3.52. The van der Waals surface area contributed by atoms with Crippen LogP contribution in [0, 0.1) is 0 Å². The van der Waals surface area contributed by atoms with Crippen molar-refractivity contribution in [2.24, 2.45) is 0 Å². The van der Waals surface area contributed by atoms with Crippen LogP contribution in [0.3, 0.4) is 0 Å². The summed E-state index contributed by atoms with van der Waals surface area (Å²) in [7, 11) is 0. The van der Waals surface area contributed by atoms with Crippen LogP contribution in [-0.4, -0.2) is 11.0 Å². The van der Waals surface area contributed by atoms with E-state index < -0.39 is 0 Å². The molecule has 0 saturated heterocycles. The fourth-order valence-electron chi connectivity index (χ4n) is 2.35. The molecule has 0 aliphatic carbocycles. The van der Waals surface area contributed by atoms with Crippen molar-refractivity contribution in [2.75, 3.05) is 0 Å². The highest BCUT2D eigenvalue weighted by molar-refractivity contribution is 5.96. The van der Waals surface area contributed by atoms with Crippen LogP contribution < -0.4 is 5.32 Å². The summed E-state index contributed by atoms with van der Waals surface area (Å²) >= 11 is 0. The van der Waals surface area contributed by atoms with Gasteiger partial charge in [0.15, 0.2) is 0 Å². The summed E-state index contributed by atoms with van der Waals surface area (Å²) in [6.07, 6.45) is 5.55. The molecule has 1 N–H and O–H groups in total. The molecule has 0 aliphatic heterocycles. The second kappa shape index (κ2) is 5.47. The normalized spacial score (nSPS) is 11.3. The van der Waals surface area contributed by atoms with E-state index in [2.05, 4.69) is 42.3 Å². The van der Waals surface area contributed by atoms with Crippen molar-refractivity contribution in [1.29, 1.82) is 0 Å². The van der Waals surface area contributed by atoms with E-state index >= 15 is 0 Å². The lowest BCUT2D eigenvalue weighted by Crippen LogP contribution is -2.21. The van der Waals surface area contributed by atoms with Crippen molar-refractivity contribution in [1.82, 2.24) is 10.3 Å². The van der Waals surface area contributed by atoms with Gasteiger partial charge in [0.05, 0.1) is 12.8 Å². The first kappa shape index (κ1) is 12.9. The highest BCUT2D eigenvalue weighted by Gasteiger charge is 2.12. The predicted octanol–water partition coefficient (Wildman–Crippen LogP) is 3.99. The van der Waals surface area contributed by atoms with Crippen molar-refractivity contribution in [3.8, 4) is 11.1 Å². The largest absolute Gasteiger partial charge is 0.467 e. The molecular weight excluding hydrogens is 248 g/mol. The minimum absolute atomic E-state index is 0.429. The molecule has 2 heterocycles. The Morgan fingerprint density at radius 1 is 1.10 bits per heavy atom. The summed E-state index contributed by atoms with van der Waals surface area (Å²) in [6.45, 7) is 4.98. The second-order valence-electron chi connectivity index (χ2n) is 5.20. The van der Waals surface area contributed by atoms with E-state index in [-0.39, 0.29) is 0 Å². The van der Waals surface area contributed by atoms with Crippen molar-refractivity contribution < 1.29 is 4.42 Å². The smallest absolute Gasteiger partial charge is 0.125 e. The third-order valence-electron chi connectivity index (χ3n) is 3.37. The van der Waals surface area contributed by atoms with Gasteiger partial charge in [0.2, 0.25) is 0 Å². The van der Waals surface area contributed by atoms with E-state index in [1.54, 1.807) is 6.26 Å². The fourth-order valence-corrected chi connectivity index (χ4v) is 2.35. The topological polar surface area (TPSA) is 38.1 Å². The molecule has 1 aromatic carbocycles. The first-order chi connectivity index (χ1) is 9.75. The maximum Gasteiger partial charge on any atom is 0.125 e. The van der Waals surface area contributed by atoms with E-state index in [1.165, 1.54) is 5.39 Å². The Labute approximate surface area is 118 Å². The molecule has 0 spiro atoms. The monoisotopic (exact) mass is 266 g/mol. The molecule has 0 saturated carbocycles. The first-order valence-electron chi connectivity index (χ1n) is 6.88. The Balaban J connectivity index is 2.05. The number of hydrogen-bond donors (Lipinski definition) is 1. The highest BCUT2D eigenvalue weighted by Crippen LogP contribution is 2.30. The summed E-state index contributed by atoms with van der Waals surface area (Å²) in [5.74, 6) is 0.955. The highest BCUT2D eigenvalue weighted by atomic mass is 16.3. The molecule has 0 fully saturated rings. The molecule has 3 heteroatoms.